The van der Waals surface area contributed by atoms with Crippen LogP contribution in [0.1, 0.15) is 33.6 Å². The topological polar surface area (TPSA) is 46.2 Å². The van der Waals surface area contributed by atoms with Crippen molar-refractivity contribution in [2.24, 2.45) is 5.92 Å². The molecule has 1 unspecified atom stereocenters. The van der Waals surface area contributed by atoms with Gasteiger partial charge in [0.2, 0.25) is 10.0 Å². The first-order chi connectivity index (χ1) is 8.31. The highest BCUT2D eigenvalue weighted by Crippen LogP contribution is 2.12. The van der Waals surface area contributed by atoms with Crippen LogP contribution in [0.5, 0.6) is 0 Å². The van der Waals surface area contributed by atoms with Crippen LogP contribution in [0, 0.1) is 11.7 Å². The van der Waals surface area contributed by atoms with Gasteiger partial charge in [-0.3, -0.25) is 0 Å². The van der Waals surface area contributed by atoms with E-state index < -0.39 is 15.8 Å². The van der Waals surface area contributed by atoms with Gasteiger partial charge in [-0.2, -0.15) is 0 Å². The lowest BCUT2D eigenvalue weighted by Crippen LogP contribution is -2.32. The molecule has 0 spiro atoms. The minimum absolute atomic E-state index is 0.0975. The van der Waals surface area contributed by atoms with Crippen LogP contribution in [-0.2, 0) is 10.0 Å². The summed E-state index contributed by atoms with van der Waals surface area (Å²) in [7, 11) is -3.54. The molecule has 5 heteroatoms. The minimum atomic E-state index is -3.54. The zero-order valence-electron chi connectivity index (χ0n) is 11.0. The first kappa shape index (κ1) is 15.1. The van der Waals surface area contributed by atoms with Crippen LogP contribution in [-0.4, -0.2) is 14.5 Å². The molecule has 0 amide bonds. The molecular weight excluding hydrogens is 253 g/mol. The Bertz CT molecular complexity index is 468. The molecule has 1 aromatic rings. The summed E-state index contributed by atoms with van der Waals surface area (Å²) in [5.74, 6) is 0.101. The number of sulfonamides is 1. The lowest BCUT2D eigenvalue weighted by Gasteiger charge is -2.15. The van der Waals surface area contributed by atoms with Crippen molar-refractivity contribution in [1.82, 2.24) is 4.72 Å². The lowest BCUT2D eigenvalue weighted by atomic mass is 10.1. The molecule has 3 nitrogen and oxygen atoms in total. The van der Waals surface area contributed by atoms with E-state index in [-0.39, 0.29) is 10.9 Å². The zero-order chi connectivity index (χ0) is 13.8. The van der Waals surface area contributed by atoms with E-state index in [0.29, 0.717) is 5.92 Å². The number of hydrogen-bond acceptors (Lipinski definition) is 2. The van der Waals surface area contributed by atoms with Crippen LogP contribution < -0.4 is 4.72 Å². The average molecular weight is 273 g/mol. The van der Waals surface area contributed by atoms with E-state index >= 15 is 0 Å². The molecule has 0 fully saturated rings. The van der Waals surface area contributed by atoms with Gasteiger partial charge in [0.05, 0.1) is 4.90 Å². The van der Waals surface area contributed by atoms with Gasteiger partial charge in [-0.25, -0.2) is 17.5 Å². The highest BCUT2D eigenvalue weighted by Gasteiger charge is 2.17. The number of rotatable bonds is 6. The van der Waals surface area contributed by atoms with Crippen molar-refractivity contribution in [3.05, 3.63) is 30.1 Å². The fraction of sp³-hybridized carbons (Fsp3) is 0.538. The normalized spacial score (nSPS) is 13.8. The van der Waals surface area contributed by atoms with Gasteiger partial charge in [-0.1, -0.05) is 13.8 Å². The molecule has 102 valence electrons. The van der Waals surface area contributed by atoms with Gasteiger partial charge in [-0.15, -0.1) is 0 Å². The van der Waals surface area contributed by atoms with Crippen molar-refractivity contribution in [2.75, 3.05) is 0 Å². The molecule has 0 aliphatic carbocycles. The SMILES string of the molecule is CC(C)CCC(C)NS(=O)(=O)c1ccc(F)cc1. The van der Waals surface area contributed by atoms with Crippen LogP contribution in [0.4, 0.5) is 4.39 Å². The third-order valence-electron chi connectivity index (χ3n) is 2.66. The Morgan fingerprint density at radius 3 is 2.17 bits per heavy atom. The van der Waals surface area contributed by atoms with Gasteiger partial charge >= 0.3 is 0 Å². The van der Waals surface area contributed by atoms with E-state index in [2.05, 4.69) is 18.6 Å². The molecule has 1 atom stereocenters. The van der Waals surface area contributed by atoms with E-state index in [0.717, 1.165) is 25.0 Å². The second kappa shape index (κ2) is 6.29. The fourth-order valence-electron chi connectivity index (χ4n) is 1.59. The Morgan fingerprint density at radius 1 is 1.11 bits per heavy atom. The van der Waals surface area contributed by atoms with Crippen molar-refractivity contribution in [3.8, 4) is 0 Å². The largest absolute Gasteiger partial charge is 0.240 e. The molecular formula is C13H20FNO2S. The maximum atomic E-state index is 12.7. The summed E-state index contributed by atoms with van der Waals surface area (Å²) in [5.41, 5.74) is 0. The predicted molar refractivity (Wildman–Crippen MR) is 70.3 cm³/mol. The molecule has 1 N–H and O–H groups in total. The van der Waals surface area contributed by atoms with Crippen molar-refractivity contribution < 1.29 is 12.8 Å². The lowest BCUT2D eigenvalue weighted by molar-refractivity contribution is 0.485. The Kier molecular flexibility index (Phi) is 5.28. The molecule has 1 aromatic carbocycles. The smallest absolute Gasteiger partial charge is 0.208 e. The third-order valence-corrected chi connectivity index (χ3v) is 4.26. The van der Waals surface area contributed by atoms with Crippen LogP contribution in [0.2, 0.25) is 0 Å². The molecule has 0 saturated heterocycles. The minimum Gasteiger partial charge on any atom is -0.208 e. The van der Waals surface area contributed by atoms with E-state index in [9.17, 15) is 12.8 Å². The molecule has 0 bridgehead atoms. The molecule has 0 aromatic heterocycles. The monoisotopic (exact) mass is 273 g/mol. The second-order valence-electron chi connectivity index (χ2n) is 4.95. The maximum Gasteiger partial charge on any atom is 0.240 e. The van der Waals surface area contributed by atoms with Crippen LogP contribution in [0.3, 0.4) is 0 Å². The summed E-state index contributed by atoms with van der Waals surface area (Å²) in [6, 6.07) is 4.71. The second-order valence-corrected chi connectivity index (χ2v) is 6.66. The van der Waals surface area contributed by atoms with Gasteiger partial charge in [0.15, 0.2) is 0 Å². The summed E-state index contributed by atoms with van der Waals surface area (Å²) in [5, 5.41) is 0. The van der Waals surface area contributed by atoms with Crippen LogP contribution in [0.15, 0.2) is 29.2 Å². The van der Waals surface area contributed by atoms with Crippen LogP contribution >= 0.6 is 0 Å². The van der Waals surface area contributed by atoms with Gasteiger partial charge in [0, 0.05) is 6.04 Å². The quantitative estimate of drug-likeness (QED) is 0.866. The fourth-order valence-corrected chi connectivity index (χ4v) is 2.87. The van der Waals surface area contributed by atoms with Gasteiger partial charge in [0.25, 0.3) is 0 Å². The molecule has 18 heavy (non-hydrogen) atoms. The predicted octanol–water partition coefficient (Wildman–Crippen LogP) is 2.93. The van der Waals surface area contributed by atoms with Crippen molar-refractivity contribution in [3.63, 3.8) is 0 Å². The number of benzene rings is 1. The Hall–Kier alpha value is -0.940. The molecule has 0 saturated carbocycles. The van der Waals surface area contributed by atoms with E-state index in [4.69, 9.17) is 0 Å². The highest BCUT2D eigenvalue weighted by atomic mass is 32.2. The first-order valence-electron chi connectivity index (χ1n) is 6.09. The molecule has 0 heterocycles. The van der Waals surface area contributed by atoms with E-state index in [1.165, 1.54) is 12.1 Å². The molecule has 0 radical (unpaired) electrons. The number of nitrogens with one attached hydrogen (secondary N) is 1. The Balaban J connectivity index is 2.67. The van der Waals surface area contributed by atoms with E-state index in [1.807, 2.05) is 6.92 Å². The van der Waals surface area contributed by atoms with Crippen molar-refractivity contribution in [1.29, 1.82) is 0 Å². The third kappa shape index (κ3) is 4.74. The molecule has 0 aliphatic rings. The summed E-state index contributed by atoms with van der Waals surface area (Å²) < 4.78 is 39.3. The standard InChI is InChI=1S/C13H20FNO2S/c1-10(2)4-5-11(3)15-18(16,17)13-8-6-12(14)7-9-13/h6-11,15H,4-5H2,1-3H3. The van der Waals surface area contributed by atoms with Crippen molar-refractivity contribution in [2.45, 2.75) is 44.6 Å². The Morgan fingerprint density at radius 2 is 1.67 bits per heavy atom. The Labute approximate surface area is 108 Å². The summed E-state index contributed by atoms with van der Waals surface area (Å²) in [6.45, 7) is 6.03. The summed E-state index contributed by atoms with van der Waals surface area (Å²) in [6.07, 6.45) is 1.76. The maximum absolute atomic E-state index is 12.7. The van der Waals surface area contributed by atoms with Gasteiger partial charge in [-0.05, 0) is 49.9 Å². The van der Waals surface area contributed by atoms with Crippen LogP contribution in [0.25, 0.3) is 0 Å². The summed E-state index contributed by atoms with van der Waals surface area (Å²) in [4.78, 5) is 0.0975. The van der Waals surface area contributed by atoms with Gasteiger partial charge < -0.3 is 0 Å². The van der Waals surface area contributed by atoms with E-state index in [1.54, 1.807) is 0 Å². The molecule has 0 aliphatic heterocycles. The average Bonchev–Trinajstić information content (AvgIpc) is 2.26. The molecule has 1 rings (SSSR count). The number of halogens is 1. The number of hydrogen-bond donors (Lipinski definition) is 1. The first-order valence-corrected chi connectivity index (χ1v) is 7.57. The van der Waals surface area contributed by atoms with Gasteiger partial charge in [0.1, 0.15) is 5.82 Å². The van der Waals surface area contributed by atoms with Crippen molar-refractivity contribution >= 4 is 10.0 Å². The highest BCUT2D eigenvalue weighted by molar-refractivity contribution is 7.89. The zero-order valence-corrected chi connectivity index (χ0v) is 11.8. The summed E-state index contributed by atoms with van der Waals surface area (Å²) >= 11 is 0.